The number of unbranched alkanes of at least 4 members (excludes halogenated alkanes) is 9. The van der Waals surface area contributed by atoms with Gasteiger partial charge in [-0.15, -0.1) is 0 Å². The van der Waals surface area contributed by atoms with Crippen LogP contribution in [-0.2, 0) is 0 Å². The quantitative estimate of drug-likeness (QED) is 0.203. The van der Waals surface area contributed by atoms with Gasteiger partial charge in [-0.1, -0.05) is 81.9 Å². The molecule has 0 unspecified atom stereocenters. The van der Waals surface area contributed by atoms with Crippen LogP contribution < -0.4 is 15.4 Å². The number of benzene rings is 1. The Morgan fingerprint density at radius 2 is 1.50 bits per heavy atom. The number of urea groups is 1. The van der Waals surface area contributed by atoms with Gasteiger partial charge in [-0.25, -0.2) is 4.79 Å². The first-order valence-electron chi connectivity index (χ1n) is 11.8. The summed E-state index contributed by atoms with van der Waals surface area (Å²) in [5.74, 6) is 0.668. The number of amides is 2. The van der Waals surface area contributed by atoms with E-state index in [1.54, 1.807) is 7.11 Å². The van der Waals surface area contributed by atoms with Crippen LogP contribution in [0.25, 0.3) is 0 Å². The van der Waals surface area contributed by atoms with E-state index in [0.717, 1.165) is 19.3 Å². The lowest BCUT2D eigenvalue weighted by Gasteiger charge is -2.10. The molecule has 0 aliphatic rings. The van der Waals surface area contributed by atoms with Gasteiger partial charge in [0.05, 0.1) is 12.8 Å². The Balaban J connectivity index is 1.90. The molecular formula is C26H42N2O2. The summed E-state index contributed by atoms with van der Waals surface area (Å²) in [6, 6.07) is 7.24. The number of allylic oxidation sites excluding steroid dienone is 4. The van der Waals surface area contributed by atoms with Crippen molar-refractivity contribution < 1.29 is 9.53 Å². The molecule has 2 N–H and O–H groups in total. The molecule has 1 aromatic rings. The van der Waals surface area contributed by atoms with Crippen molar-refractivity contribution in [3.05, 3.63) is 48.6 Å². The van der Waals surface area contributed by atoms with Crippen molar-refractivity contribution in [2.45, 2.75) is 84.0 Å². The first-order valence-corrected chi connectivity index (χ1v) is 11.8. The van der Waals surface area contributed by atoms with Gasteiger partial charge in [0.25, 0.3) is 0 Å². The zero-order valence-electron chi connectivity index (χ0n) is 19.1. The summed E-state index contributed by atoms with van der Waals surface area (Å²) in [5, 5.41) is 5.74. The van der Waals surface area contributed by atoms with Crippen molar-refractivity contribution >= 4 is 11.7 Å². The number of rotatable bonds is 17. The summed E-state index contributed by atoms with van der Waals surface area (Å²) in [7, 11) is 1.60. The predicted molar refractivity (Wildman–Crippen MR) is 129 cm³/mol. The van der Waals surface area contributed by atoms with E-state index in [0.29, 0.717) is 18.0 Å². The first-order chi connectivity index (χ1) is 14.8. The fourth-order valence-corrected chi connectivity index (χ4v) is 3.23. The lowest BCUT2D eigenvalue weighted by Crippen LogP contribution is -2.29. The summed E-state index contributed by atoms with van der Waals surface area (Å²) < 4.78 is 5.24. The summed E-state index contributed by atoms with van der Waals surface area (Å²) in [5.41, 5.74) is 0.689. The molecule has 4 heteroatoms. The van der Waals surface area contributed by atoms with Gasteiger partial charge in [0.2, 0.25) is 0 Å². The van der Waals surface area contributed by atoms with Crippen molar-refractivity contribution in [2.24, 2.45) is 0 Å². The molecule has 0 heterocycles. The maximum absolute atomic E-state index is 12.0. The lowest BCUT2D eigenvalue weighted by molar-refractivity contribution is 0.251. The summed E-state index contributed by atoms with van der Waals surface area (Å²) in [6.45, 7) is 2.95. The normalized spacial score (nSPS) is 11.3. The molecule has 0 aromatic heterocycles. The Morgan fingerprint density at radius 3 is 2.20 bits per heavy atom. The topological polar surface area (TPSA) is 50.4 Å². The van der Waals surface area contributed by atoms with E-state index in [2.05, 4.69) is 41.9 Å². The second-order valence-electron chi connectivity index (χ2n) is 7.67. The average molecular weight is 415 g/mol. The van der Waals surface area contributed by atoms with Gasteiger partial charge in [-0.3, -0.25) is 0 Å². The minimum Gasteiger partial charge on any atom is -0.495 e. The third kappa shape index (κ3) is 13.9. The molecule has 0 fully saturated rings. The number of nitrogens with one attached hydrogen (secondary N) is 2. The van der Waals surface area contributed by atoms with Crippen LogP contribution >= 0.6 is 0 Å². The Morgan fingerprint density at radius 1 is 0.867 bits per heavy atom. The highest BCUT2D eigenvalue weighted by Crippen LogP contribution is 2.22. The maximum Gasteiger partial charge on any atom is 0.319 e. The Labute approximate surface area is 184 Å². The Kier molecular flexibility index (Phi) is 16.2. The molecule has 0 aliphatic carbocycles. The molecule has 0 radical (unpaired) electrons. The Hall–Kier alpha value is -2.23. The summed E-state index contributed by atoms with van der Waals surface area (Å²) in [6.07, 6.45) is 23.9. The van der Waals surface area contributed by atoms with Crippen LogP contribution in [0.2, 0.25) is 0 Å². The highest BCUT2D eigenvalue weighted by Gasteiger charge is 2.05. The van der Waals surface area contributed by atoms with Crippen molar-refractivity contribution in [2.75, 3.05) is 19.0 Å². The predicted octanol–water partition coefficient (Wildman–Crippen LogP) is 7.63. The molecule has 30 heavy (non-hydrogen) atoms. The summed E-state index contributed by atoms with van der Waals surface area (Å²) in [4.78, 5) is 12.0. The van der Waals surface area contributed by atoms with Gasteiger partial charge in [0, 0.05) is 6.54 Å². The highest BCUT2D eigenvalue weighted by atomic mass is 16.5. The monoisotopic (exact) mass is 414 g/mol. The van der Waals surface area contributed by atoms with Gasteiger partial charge in [-0.05, 0) is 50.7 Å². The number of carbonyl (C=O) groups is 1. The van der Waals surface area contributed by atoms with Crippen molar-refractivity contribution in [1.82, 2.24) is 5.32 Å². The summed E-state index contributed by atoms with van der Waals surface area (Å²) >= 11 is 0. The van der Waals surface area contributed by atoms with Crippen LogP contribution in [0.5, 0.6) is 5.75 Å². The van der Waals surface area contributed by atoms with Crippen LogP contribution in [0.1, 0.15) is 84.0 Å². The minimum absolute atomic E-state index is 0.179. The van der Waals surface area contributed by atoms with E-state index in [4.69, 9.17) is 4.74 Å². The van der Waals surface area contributed by atoms with Crippen molar-refractivity contribution in [1.29, 1.82) is 0 Å². The zero-order chi connectivity index (χ0) is 21.7. The number of hydrogen-bond acceptors (Lipinski definition) is 2. The van der Waals surface area contributed by atoms with Crippen LogP contribution in [0.4, 0.5) is 10.5 Å². The molecule has 0 bridgehead atoms. The molecule has 168 valence electrons. The van der Waals surface area contributed by atoms with Crippen LogP contribution in [0, 0.1) is 0 Å². The second-order valence-corrected chi connectivity index (χ2v) is 7.67. The van der Waals surface area contributed by atoms with Gasteiger partial charge < -0.3 is 15.4 Å². The van der Waals surface area contributed by atoms with Gasteiger partial charge in [-0.2, -0.15) is 0 Å². The standard InChI is InChI=1S/C26H42N2O2/c1-3-4-5-6-7-8-9-10-11-12-13-14-15-16-17-20-23-27-26(29)28-24-21-18-19-22-25(24)30-2/h7-8,10-11,18-19,21-22H,3-6,9,12-17,20,23H2,1-2H3,(H2,27,28,29). The molecule has 0 saturated carbocycles. The highest BCUT2D eigenvalue weighted by molar-refractivity contribution is 5.90. The van der Waals surface area contributed by atoms with Crippen molar-refractivity contribution in [3.63, 3.8) is 0 Å². The largest absolute Gasteiger partial charge is 0.495 e. The number of carbonyl (C=O) groups excluding carboxylic acids is 1. The van der Waals surface area contributed by atoms with Gasteiger partial charge >= 0.3 is 6.03 Å². The van der Waals surface area contributed by atoms with Gasteiger partial charge in [0.1, 0.15) is 5.75 Å². The molecule has 0 spiro atoms. The number of hydrogen-bond donors (Lipinski definition) is 2. The van der Waals surface area contributed by atoms with Crippen LogP contribution in [0.15, 0.2) is 48.6 Å². The van der Waals surface area contributed by atoms with Gasteiger partial charge in [0.15, 0.2) is 0 Å². The lowest BCUT2D eigenvalue weighted by atomic mass is 10.1. The number of para-hydroxylation sites is 2. The van der Waals surface area contributed by atoms with Crippen molar-refractivity contribution in [3.8, 4) is 5.75 Å². The van der Waals surface area contributed by atoms with E-state index >= 15 is 0 Å². The molecule has 1 rings (SSSR count). The molecule has 1 aromatic carbocycles. The molecule has 4 nitrogen and oxygen atoms in total. The molecular weight excluding hydrogens is 372 g/mol. The number of ether oxygens (including phenoxy) is 1. The molecule has 2 amide bonds. The molecule has 0 aliphatic heterocycles. The maximum atomic E-state index is 12.0. The number of methoxy groups -OCH3 is 1. The fourth-order valence-electron chi connectivity index (χ4n) is 3.23. The molecule has 0 saturated heterocycles. The van der Waals surface area contributed by atoms with E-state index in [1.165, 1.54) is 57.8 Å². The third-order valence-electron chi connectivity index (χ3n) is 5.02. The second kappa shape index (κ2) is 18.8. The zero-order valence-corrected chi connectivity index (χ0v) is 19.1. The smallest absolute Gasteiger partial charge is 0.319 e. The van der Waals surface area contributed by atoms with Crippen LogP contribution in [-0.4, -0.2) is 19.7 Å². The number of anilines is 1. The van der Waals surface area contributed by atoms with E-state index in [-0.39, 0.29) is 6.03 Å². The Bertz CT molecular complexity index is 611. The van der Waals surface area contributed by atoms with E-state index in [1.807, 2.05) is 24.3 Å². The molecule has 0 atom stereocenters. The van der Waals surface area contributed by atoms with E-state index in [9.17, 15) is 4.79 Å². The third-order valence-corrected chi connectivity index (χ3v) is 5.02. The fraction of sp³-hybridized carbons (Fsp3) is 0.577. The van der Waals surface area contributed by atoms with E-state index < -0.39 is 0 Å². The first kappa shape index (κ1) is 25.8. The SMILES string of the molecule is CCCCCC=CCC=CCCCCCCCCNC(=O)Nc1ccccc1OC. The average Bonchev–Trinajstić information content (AvgIpc) is 2.76. The minimum atomic E-state index is -0.179. The van der Waals surface area contributed by atoms with Crippen LogP contribution in [0.3, 0.4) is 0 Å².